The molecule has 0 spiro atoms. The molecule has 1 atom stereocenters. The molecular weight excluding hydrogens is 200 g/mol. The second-order valence-corrected chi connectivity index (χ2v) is 3.20. The summed E-state index contributed by atoms with van der Waals surface area (Å²) in [7, 11) is 0. The van der Waals surface area contributed by atoms with Crippen LogP contribution in [0.1, 0.15) is 10.4 Å². The first-order valence-electron chi connectivity index (χ1n) is 4.48. The van der Waals surface area contributed by atoms with Crippen LogP contribution in [0.5, 0.6) is 11.5 Å². The minimum atomic E-state index is -1.02. The molecule has 0 aliphatic carbocycles. The van der Waals surface area contributed by atoms with Gasteiger partial charge in [-0.05, 0) is 18.2 Å². The van der Waals surface area contributed by atoms with E-state index in [0.717, 1.165) is 0 Å². The highest BCUT2D eigenvalue weighted by atomic mass is 16.6. The molecule has 15 heavy (non-hydrogen) atoms. The number of fused-ring (bicyclic) bond motifs is 1. The number of aliphatic hydroxyl groups excluding tert-OH is 1. The van der Waals surface area contributed by atoms with Crippen LogP contribution in [0.4, 0.5) is 0 Å². The van der Waals surface area contributed by atoms with Crippen molar-refractivity contribution in [3.8, 4) is 11.5 Å². The molecule has 2 rings (SSSR count). The zero-order valence-electron chi connectivity index (χ0n) is 7.84. The Balaban J connectivity index is 2.30. The number of hydrogen-bond donors (Lipinski definition) is 2. The summed E-state index contributed by atoms with van der Waals surface area (Å²) in [6.07, 6.45) is -0.429. The molecule has 0 amide bonds. The summed E-state index contributed by atoms with van der Waals surface area (Å²) in [5.74, 6) is -0.155. The minimum absolute atomic E-state index is 0.135. The van der Waals surface area contributed by atoms with Gasteiger partial charge in [-0.2, -0.15) is 0 Å². The molecule has 1 aromatic carbocycles. The Morgan fingerprint density at radius 2 is 2.27 bits per heavy atom. The van der Waals surface area contributed by atoms with Gasteiger partial charge >= 0.3 is 5.97 Å². The number of carboxylic acids is 1. The van der Waals surface area contributed by atoms with Crippen LogP contribution in [-0.4, -0.2) is 35.5 Å². The van der Waals surface area contributed by atoms with Gasteiger partial charge in [-0.25, -0.2) is 4.79 Å². The maximum Gasteiger partial charge on any atom is 0.335 e. The van der Waals surface area contributed by atoms with Crippen molar-refractivity contribution in [1.82, 2.24) is 0 Å². The van der Waals surface area contributed by atoms with Gasteiger partial charge in [0, 0.05) is 0 Å². The van der Waals surface area contributed by atoms with Crippen molar-refractivity contribution < 1.29 is 24.5 Å². The summed E-state index contributed by atoms with van der Waals surface area (Å²) in [4.78, 5) is 10.7. The standard InChI is InChI=1S/C10H10O5/c11-4-7-5-14-8-2-1-6(10(12)13)3-9(8)15-7/h1-3,7,11H,4-5H2,(H,12,13). The van der Waals surface area contributed by atoms with Crippen molar-refractivity contribution in [3.05, 3.63) is 23.8 Å². The Morgan fingerprint density at radius 3 is 2.93 bits per heavy atom. The number of aromatic carboxylic acids is 1. The number of rotatable bonds is 2. The van der Waals surface area contributed by atoms with E-state index in [1.54, 1.807) is 6.07 Å². The molecule has 5 nitrogen and oxygen atoms in total. The van der Waals surface area contributed by atoms with Crippen molar-refractivity contribution in [3.63, 3.8) is 0 Å². The molecular formula is C10H10O5. The normalized spacial score (nSPS) is 18.6. The third-order valence-electron chi connectivity index (χ3n) is 2.11. The Kier molecular flexibility index (Phi) is 2.47. The first kappa shape index (κ1) is 9.79. The van der Waals surface area contributed by atoms with Crippen LogP contribution in [0.15, 0.2) is 18.2 Å². The lowest BCUT2D eigenvalue weighted by Crippen LogP contribution is -2.32. The summed E-state index contributed by atoms with van der Waals surface area (Å²) in [5, 5.41) is 17.6. The van der Waals surface area contributed by atoms with E-state index in [1.807, 2.05) is 0 Å². The van der Waals surface area contributed by atoms with Crippen molar-refractivity contribution in [2.45, 2.75) is 6.10 Å². The predicted molar refractivity (Wildman–Crippen MR) is 50.4 cm³/mol. The Hall–Kier alpha value is -1.75. The number of ether oxygens (including phenoxy) is 2. The maximum atomic E-state index is 10.7. The lowest BCUT2D eigenvalue weighted by molar-refractivity contribution is 0.0453. The fourth-order valence-corrected chi connectivity index (χ4v) is 1.34. The zero-order valence-corrected chi connectivity index (χ0v) is 7.84. The van der Waals surface area contributed by atoms with E-state index in [0.29, 0.717) is 11.5 Å². The quantitative estimate of drug-likeness (QED) is 0.744. The molecule has 1 aromatic rings. The van der Waals surface area contributed by atoms with Gasteiger partial charge in [-0.3, -0.25) is 0 Å². The number of hydrogen-bond acceptors (Lipinski definition) is 4. The van der Waals surface area contributed by atoms with Crippen molar-refractivity contribution >= 4 is 5.97 Å². The molecule has 80 valence electrons. The van der Waals surface area contributed by atoms with Gasteiger partial charge in [0.05, 0.1) is 12.2 Å². The first-order chi connectivity index (χ1) is 7.20. The lowest BCUT2D eigenvalue weighted by atomic mass is 10.2. The van der Waals surface area contributed by atoms with Crippen LogP contribution in [0, 0.1) is 0 Å². The number of aliphatic hydroxyl groups is 1. The van der Waals surface area contributed by atoms with E-state index < -0.39 is 12.1 Å². The summed E-state index contributed by atoms with van der Waals surface area (Å²) in [5.41, 5.74) is 0.135. The average molecular weight is 210 g/mol. The summed E-state index contributed by atoms with van der Waals surface area (Å²) >= 11 is 0. The Bertz CT molecular complexity index is 387. The van der Waals surface area contributed by atoms with Gasteiger partial charge in [0.1, 0.15) is 6.61 Å². The van der Waals surface area contributed by atoms with Crippen LogP contribution in [0.2, 0.25) is 0 Å². The minimum Gasteiger partial charge on any atom is -0.486 e. The molecule has 1 unspecified atom stereocenters. The third-order valence-corrected chi connectivity index (χ3v) is 2.11. The fraction of sp³-hybridized carbons (Fsp3) is 0.300. The Morgan fingerprint density at radius 1 is 1.47 bits per heavy atom. The summed E-state index contributed by atoms with van der Waals surface area (Å²) in [6.45, 7) is 0.118. The molecule has 2 N–H and O–H groups in total. The lowest BCUT2D eigenvalue weighted by Gasteiger charge is -2.25. The maximum absolute atomic E-state index is 10.7. The van der Waals surface area contributed by atoms with Crippen LogP contribution in [0.3, 0.4) is 0 Å². The molecule has 1 heterocycles. The molecule has 0 radical (unpaired) electrons. The molecule has 0 fully saturated rings. The fourth-order valence-electron chi connectivity index (χ4n) is 1.34. The molecule has 0 saturated carbocycles. The van der Waals surface area contributed by atoms with E-state index in [-0.39, 0.29) is 18.8 Å². The molecule has 0 bridgehead atoms. The van der Waals surface area contributed by atoms with Crippen LogP contribution < -0.4 is 9.47 Å². The second-order valence-electron chi connectivity index (χ2n) is 3.20. The highest BCUT2D eigenvalue weighted by Crippen LogP contribution is 2.32. The highest BCUT2D eigenvalue weighted by molar-refractivity contribution is 5.88. The Labute approximate surface area is 85.9 Å². The van der Waals surface area contributed by atoms with Crippen molar-refractivity contribution in [1.29, 1.82) is 0 Å². The van der Waals surface area contributed by atoms with Gasteiger partial charge in [0.15, 0.2) is 17.6 Å². The van der Waals surface area contributed by atoms with Gasteiger partial charge < -0.3 is 19.7 Å². The van der Waals surface area contributed by atoms with E-state index in [1.165, 1.54) is 12.1 Å². The molecule has 1 aliphatic heterocycles. The topological polar surface area (TPSA) is 76.0 Å². The molecule has 1 aliphatic rings. The van der Waals surface area contributed by atoms with E-state index >= 15 is 0 Å². The molecule has 5 heteroatoms. The summed E-state index contributed by atoms with van der Waals surface area (Å²) in [6, 6.07) is 4.38. The number of benzene rings is 1. The predicted octanol–water partition coefficient (Wildman–Crippen LogP) is 0.517. The van der Waals surface area contributed by atoms with Gasteiger partial charge in [-0.1, -0.05) is 0 Å². The average Bonchev–Trinajstić information content (AvgIpc) is 2.27. The van der Waals surface area contributed by atoms with Crippen LogP contribution in [0.25, 0.3) is 0 Å². The summed E-state index contributed by atoms with van der Waals surface area (Å²) < 4.78 is 10.6. The smallest absolute Gasteiger partial charge is 0.335 e. The zero-order chi connectivity index (χ0) is 10.8. The van der Waals surface area contributed by atoms with Crippen molar-refractivity contribution in [2.75, 3.05) is 13.2 Å². The third kappa shape index (κ3) is 1.87. The van der Waals surface area contributed by atoms with E-state index in [9.17, 15) is 4.79 Å². The highest BCUT2D eigenvalue weighted by Gasteiger charge is 2.21. The number of carboxylic acid groups (broad SMARTS) is 1. The van der Waals surface area contributed by atoms with E-state index in [2.05, 4.69) is 0 Å². The monoisotopic (exact) mass is 210 g/mol. The van der Waals surface area contributed by atoms with E-state index in [4.69, 9.17) is 19.7 Å². The SMILES string of the molecule is O=C(O)c1ccc2c(c1)OC(CO)CO2. The van der Waals surface area contributed by atoms with Crippen molar-refractivity contribution in [2.24, 2.45) is 0 Å². The number of carbonyl (C=O) groups is 1. The molecule has 0 saturated heterocycles. The van der Waals surface area contributed by atoms with Crippen LogP contribution >= 0.6 is 0 Å². The second kappa shape index (κ2) is 3.78. The van der Waals surface area contributed by atoms with Gasteiger partial charge in [0.25, 0.3) is 0 Å². The molecule has 0 aromatic heterocycles. The largest absolute Gasteiger partial charge is 0.486 e. The van der Waals surface area contributed by atoms with Gasteiger partial charge in [-0.15, -0.1) is 0 Å². The van der Waals surface area contributed by atoms with Gasteiger partial charge in [0.2, 0.25) is 0 Å². The first-order valence-corrected chi connectivity index (χ1v) is 4.48. The van der Waals surface area contributed by atoms with Crippen LogP contribution in [-0.2, 0) is 0 Å².